The van der Waals surface area contributed by atoms with Crippen LogP contribution in [-0.4, -0.2) is 57.1 Å². The number of benzene rings is 2. The molecule has 7 rings (SSSR count). The average Bonchev–Trinajstić information content (AvgIpc) is 3.79. The number of fused-ring (bicyclic) bond motifs is 2. The Morgan fingerprint density at radius 1 is 0.978 bits per heavy atom. The summed E-state index contributed by atoms with van der Waals surface area (Å²) in [6, 6.07) is 11.4. The lowest BCUT2D eigenvalue weighted by Gasteiger charge is -2.11. The molecule has 0 spiro atoms. The van der Waals surface area contributed by atoms with Crippen LogP contribution < -0.4 is 5.32 Å². The fourth-order valence-corrected chi connectivity index (χ4v) is 6.93. The van der Waals surface area contributed by atoms with Crippen LogP contribution in [0.4, 0.5) is 8.78 Å². The van der Waals surface area contributed by atoms with Gasteiger partial charge in [-0.25, -0.2) is 27.2 Å². The van der Waals surface area contributed by atoms with Crippen molar-refractivity contribution in [2.45, 2.75) is 38.6 Å². The summed E-state index contributed by atoms with van der Waals surface area (Å²) in [5.41, 5.74) is 5.79. The Bertz CT molecular complexity index is 2170. The Hall–Kier alpha value is -4.55. The number of hydrogen-bond acceptors (Lipinski definition) is 7. The van der Waals surface area contributed by atoms with Crippen LogP contribution >= 0.6 is 0 Å². The number of aromatic nitrogens is 6. The molecular weight excluding hydrogens is 608 g/mol. The monoisotopic (exact) mass is 641 g/mol. The molecule has 1 aliphatic rings. The number of rotatable bonds is 10. The van der Waals surface area contributed by atoms with E-state index in [0.29, 0.717) is 67.9 Å². The number of aromatic amines is 2. The summed E-state index contributed by atoms with van der Waals surface area (Å²) >= 11 is 0. The number of aryl methyl sites for hydroxylation is 1. The highest BCUT2D eigenvalue weighted by Gasteiger charge is 2.19. The zero-order chi connectivity index (χ0) is 31.8. The molecule has 3 N–H and O–H groups in total. The first-order valence-electron chi connectivity index (χ1n) is 15.4. The van der Waals surface area contributed by atoms with Crippen LogP contribution in [0.3, 0.4) is 0 Å². The Morgan fingerprint density at radius 3 is 2.63 bits per heavy atom. The van der Waals surface area contributed by atoms with Crippen molar-refractivity contribution in [1.82, 2.24) is 35.5 Å². The zero-order valence-corrected chi connectivity index (χ0v) is 26.1. The first-order chi connectivity index (χ1) is 22.2. The number of imidazole rings is 1. The van der Waals surface area contributed by atoms with Crippen molar-refractivity contribution in [3.8, 4) is 33.8 Å². The van der Waals surface area contributed by atoms with Gasteiger partial charge < -0.3 is 10.3 Å². The highest BCUT2D eigenvalue weighted by Crippen LogP contribution is 2.34. The van der Waals surface area contributed by atoms with Gasteiger partial charge in [-0.3, -0.25) is 10.1 Å². The van der Waals surface area contributed by atoms with Gasteiger partial charge >= 0.3 is 0 Å². The Kier molecular flexibility index (Phi) is 8.07. The molecule has 0 atom stereocenters. The summed E-state index contributed by atoms with van der Waals surface area (Å²) in [4.78, 5) is 16.8. The van der Waals surface area contributed by atoms with Gasteiger partial charge in [-0.15, -0.1) is 0 Å². The van der Waals surface area contributed by atoms with E-state index >= 15 is 4.39 Å². The van der Waals surface area contributed by atoms with Crippen molar-refractivity contribution in [2.24, 2.45) is 5.92 Å². The smallest absolute Gasteiger partial charge is 0.178 e. The number of sulfone groups is 1. The number of nitrogens with zero attached hydrogens (tertiary/aromatic N) is 4. The van der Waals surface area contributed by atoms with Crippen LogP contribution in [0.15, 0.2) is 61.1 Å². The molecule has 6 aromatic rings. The van der Waals surface area contributed by atoms with E-state index in [0.717, 1.165) is 24.3 Å². The van der Waals surface area contributed by atoms with Crippen molar-refractivity contribution >= 4 is 31.9 Å². The SMILES string of the molecule is CS(=O)(=O)CCc1cc(F)cc(-c2ccnc3nc(-c4n[nH]c5cc(F)c(-c6cncc(CNCC7CCCC7)c6)cc45)[nH]c23)c1. The number of pyridine rings is 2. The predicted molar refractivity (Wildman–Crippen MR) is 175 cm³/mol. The summed E-state index contributed by atoms with van der Waals surface area (Å²) in [5.74, 6) is 0.185. The van der Waals surface area contributed by atoms with Crippen LogP contribution in [0.1, 0.15) is 36.8 Å². The van der Waals surface area contributed by atoms with Crippen LogP contribution in [-0.2, 0) is 22.8 Å². The maximum absolute atomic E-state index is 15.4. The van der Waals surface area contributed by atoms with E-state index in [2.05, 4.69) is 35.5 Å². The predicted octanol–water partition coefficient (Wildman–Crippen LogP) is 6.38. The van der Waals surface area contributed by atoms with Gasteiger partial charge in [0, 0.05) is 59.5 Å². The minimum Gasteiger partial charge on any atom is -0.335 e. The normalized spacial score (nSPS) is 14.2. The molecule has 0 amide bonds. The largest absolute Gasteiger partial charge is 0.335 e. The molecule has 0 saturated heterocycles. The fourth-order valence-electron chi connectivity index (χ4n) is 6.32. The van der Waals surface area contributed by atoms with Gasteiger partial charge in [-0.05, 0) is 78.7 Å². The lowest BCUT2D eigenvalue weighted by molar-refractivity contribution is 0.489. The second-order valence-electron chi connectivity index (χ2n) is 12.2. The number of hydrogen-bond donors (Lipinski definition) is 3. The molecule has 1 aliphatic carbocycles. The van der Waals surface area contributed by atoms with Crippen molar-refractivity contribution in [3.63, 3.8) is 0 Å². The third kappa shape index (κ3) is 6.40. The number of halogens is 2. The molecule has 4 heterocycles. The molecule has 0 aliphatic heterocycles. The highest BCUT2D eigenvalue weighted by atomic mass is 32.2. The number of nitrogens with one attached hydrogen (secondary N) is 3. The third-order valence-corrected chi connectivity index (χ3v) is 9.59. The van der Waals surface area contributed by atoms with E-state index in [9.17, 15) is 12.8 Å². The van der Waals surface area contributed by atoms with E-state index in [1.165, 1.54) is 43.9 Å². The first kappa shape index (κ1) is 30.1. The van der Waals surface area contributed by atoms with Gasteiger partial charge in [0.15, 0.2) is 11.5 Å². The lowest BCUT2D eigenvalue weighted by Crippen LogP contribution is -2.20. The van der Waals surface area contributed by atoms with Crippen LogP contribution in [0, 0.1) is 17.6 Å². The van der Waals surface area contributed by atoms with Crippen LogP contribution in [0.2, 0.25) is 0 Å². The standard InChI is InChI=1S/C34H33F2N7O2S/c1-46(44,45)9-7-21-10-23(13-25(35)12-21)26-6-8-39-33-31(26)40-34(41-33)32-28-14-27(29(36)15-30(28)42-43-32)24-11-22(18-38-19-24)17-37-16-20-4-2-3-5-20/h6,8,10-15,18-20,37H,2-5,7,9,16-17H2,1H3,(H,42,43)(H,39,40,41). The lowest BCUT2D eigenvalue weighted by atomic mass is 10.0. The zero-order valence-electron chi connectivity index (χ0n) is 25.3. The number of H-pyrrole nitrogens is 2. The fraction of sp³-hybridized carbons (Fsp3) is 0.294. The average molecular weight is 642 g/mol. The van der Waals surface area contributed by atoms with Gasteiger partial charge in [0.05, 0.1) is 16.8 Å². The van der Waals surface area contributed by atoms with Gasteiger partial charge in [0.1, 0.15) is 27.2 Å². The molecule has 1 fully saturated rings. The van der Waals surface area contributed by atoms with Crippen LogP contribution in [0.25, 0.3) is 55.8 Å². The molecule has 1 saturated carbocycles. The molecule has 236 valence electrons. The molecule has 0 bridgehead atoms. The summed E-state index contributed by atoms with van der Waals surface area (Å²) in [6.07, 6.45) is 11.5. The van der Waals surface area contributed by atoms with E-state index in [4.69, 9.17) is 0 Å². The molecule has 2 aromatic carbocycles. The Labute approximate surface area is 264 Å². The summed E-state index contributed by atoms with van der Waals surface area (Å²) < 4.78 is 53.4. The van der Waals surface area contributed by atoms with Crippen molar-refractivity contribution in [3.05, 3.63) is 83.8 Å². The second-order valence-corrected chi connectivity index (χ2v) is 14.4. The third-order valence-electron chi connectivity index (χ3n) is 8.64. The van der Waals surface area contributed by atoms with Gasteiger partial charge in [-0.1, -0.05) is 18.9 Å². The Morgan fingerprint density at radius 2 is 1.80 bits per heavy atom. The minimum atomic E-state index is -3.21. The second kappa shape index (κ2) is 12.3. The first-order valence-corrected chi connectivity index (χ1v) is 17.4. The van der Waals surface area contributed by atoms with Crippen molar-refractivity contribution < 1.29 is 17.2 Å². The van der Waals surface area contributed by atoms with E-state index in [-0.39, 0.29) is 12.2 Å². The van der Waals surface area contributed by atoms with E-state index < -0.39 is 21.5 Å². The van der Waals surface area contributed by atoms with Crippen LogP contribution in [0.5, 0.6) is 0 Å². The summed E-state index contributed by atoms with van der Waals surface area (Å²) in [5, 5.41) is 11.6. The summed E-state index contributed by atoms with van der Waals surface area (Å²) in [7, 11) is -3.21. The molecule has 4 aromatic heterocycles. The van der Waals surface area contributed by atoms with Crippen molar-refractivity contribution in [2.75, 3.05) is 18.6 Å². The molecule has 46 heavy (non-hydrogen) atoms. The maximum atomic E-state index is 15.4. The molecule has 0 unspecified atom stereocenters. The Balaban J connectivity index is 1.21. The molecule has 0 radical (unpaired) electrons. The maximum Gasteiger partial charge on any atom is 0.178 e. The molecule has 12 heteroatoms. The van der Waals surface area contributed by atoms with Gasteiger partial charge in [-0.2, -0.15) is 5.10 Å². The highest BCUT2D eigenvalue weighted by molar-refractivity contribution is 7.90. The van der Waals surface area contributed by atoms with E-state index in [1.807, 2.05) is 6.07 Å². The van der Waals surface area contributed by atoms with Gasteiger partial charge in [0.2, 0.25) is 0 Å². The topological polar surface area (TPSA) is 129 Å². The quantitative estimate of drug-likeness (QED) is 0.158. The minimum absolute atomic E-state index is 0.0810. The molecular formula is C34H33F2N7O2S. The van der Waals surface area contributed by atoms with Crippen molar-refractivity contribution in [1.29, 1.82) is 0 Å². The van der Waals surface area contributed by atoms with Gasteiger partial charge in [0.25, 0.3) is 0 Å². The van der Waals surface area contributed by atoms with E-state index in [1.54, 1.807) is 36.8 Å². The molecule has 9 nitrogen and oxygen atoms in total. The summed E-state index contributed by atoms with van der Waals surface area (Å²) in [6.45, 7) is 1.64.